The van der Waals surface area contributed by atoms with Crippen LogP contribution in [0.4, 0.5) is 5.69 Å². The van der Waals surface area contributed by atoms with Crippen molar-refractivity contribution in [2.75, 3.05) is 18.4 Å². The summed E-state index contributed by atoms with van der Waals surface area (Å²) >= 11 is 0. The largest absolute Gasteiger partial charge is 0.384 e. The van der Waals surface area contributed by atoms with Crippen LogP contribution in [0.3, 0.4) is 0 Å². The van der Waals surface area contributed by atoms with Gasteiger partial charge in [-0.25, -0.2) is 0 Å². The molecule has 0 radical (unpaired) electrons. The molecule has 184 valence electrons. The first-order valence-electron chi connectivity index (χ1n) is 13.1. The molecular formula is C33H36N2O. The Morgan fingerprint density at radius 3 is 2.44 bits per heavy atom. The van der Waals surface area contributed by atoms with Crippen molar-refractivity contribution in [1.82, 2.24) is 4.90 Å². The van der Waals surface area contributed by atoms with E-state index in [4.69, 9.17) is 0 Å². The smallest absolute Gasteiger partial charge is 0.256 e. The van der Waals surface area contributed by atoms with E-state index < -0.39 is 0 Å². The molecule has 0 fully saturated rings. The summed E-state index contributed by atoms with van der Waals surface area (Å²) in [6, 6.07) is 29.9. The van der Waals surface area contributed by atoms with E-state index in [9.17, 15) is 4.79 Å². The summed E-state index contributed by atoms with van der Waals surface area (Å²) in [5.41, 5.74) is 6.91. The van der Waals surface area contributed by atoms with Gasteiger partial charge in [0.25, 0.3) is 5.91 Å². The normalized spacial score (nSPS) is 13.2. The minimum atomic E-state index is 0.0985. The van der Waals surface area contributed by atoms with Gasteiger partial charge in [0.15, 0.2) is 0 Å². The second-order valence-electron chi connectivity index (χ2n) is 10.9. The molecule has 0 atom stereocenters. The fraction of sp³-hybridized carbons (Fsp3) is 0.303. The third kappa shape index (κ3) is 5.16. The summed E-state index contributed by atoms with van der Waals surface area (Å²) in [4.78, 5) is 16.0. The van der Waals surface area contributed by atoms with Crippen LogP contribution < -0.4 is 5.32 Å². The molecule has 1 heterocycles. The van der Waals surface area contributed by atoms with Crippen LogP contribution in [0.1, 0.15) is 59.8 Å². The Balaban J connectivity index is 1.45. The van der Waals surface area contributed by atoms with Crippen molar-refractivity contribution in [3.05, 3.63) is 113 Å². The number of hydrogen-bond acceptors (Lipinski definition) is 2. The molecule has 0 spiro atoms. The number of para-hydroxylation sites is 1. The molecule has 4 aromatic carbocycles. The van der Waals surface area contributed by atoms with Crippen LogP contribution in [0.2, 0.25) is 0 Å². The van der Waals surface area contributed by atoms with Gasteiger partial charge in [-0.1, -0.05) is 99.6 Å². The number of fused-ring (bicyclic) bond motifs is 2. The number of rotatable bonds is 6. The van der Waals surface area contributed by atoms with Gasteiger partial charge in [0.2, 0.25) is 0 Å². The van der Waals surface area contributed by atoms with Gasteiger partial charge in [-0.2, -0.15) is 0 Å². The number of amides is 1. The van der Waals surface area contributed by atoms with Gasteiger partial charge in [0.05, 0.1) is 11.3 Å². The number of carbonyl (C=O) groups is 1. The third-order valence-corrected chi connectivity index (χ3v) is 7.32. The van der Waals surface area contributed by atoms with Gasteiger partial charge < -0.3 is 10.2 Å². The maximum absolute atomic E-state index is 14.0. The van der Waals surface area contributed by atoms with Gasteiger partial charge >= 0.3 is 0 Å². The van der Waals surface area contributed by atoms with E-state index in [1.807, 2.05) is 17.0 Å². The lowest BCUT2D eigenvalue weighted by atomic mass is 9.86. The van der Waals surface area contributed by atoms with Gasteiger partial charge in [-0.05, 0) is 63.8 Å². The molecule has 3 heteroatoms. The quantitative estimate of drug-likeness (QED) is 0.315. The lowest BCUT2D eigenvalue weighted by Gasteiger charge is -2.27. The zero-order valence-electron chi connectivity index (χ0n) is 21.7. The van der Waals surface area contributed by atoms with Gasteiger partial charge in [0.1, 0.15) is 0 Å². The Labute approximate surface area is 215 Å². The van der Waals surface area contributed by atoms with Crippen molar-refractivity contribution >= 4 is 22.4 Å². The molecule has 0 unspecified atom stereocenters. The molecule has 3 nitrogen and oxygen atoms in total. The van der Waals surface area contributed by atoms with Crippen molar-refractivity contribution in [1.29, 1.82) is 0 Å². The highest BCUT2D eigenvalue weighted by molar-refractivity contribution is 6.00. The molecule has 5 rings (SSSR count). The van der Waals surface area contributed by atoms with E-state index in [0.29, 0.717) is 13.1 Å². The maximum Gasteiger partial charge on any atom is 0.256 e. The number of carbonyl (C=O) groups excluding carboxylic acids is 1. The van der Waals surface area contributed by atoms with Gasteiger partial charge in [-0.3, -0.25) is 4.79 Å². The summed E-state index contributed by atoms with van der Waals surface area (Å²) in [6.45, 7) is 8.87. The van der Waals surface area contributed by atoms with Crippen LogP contribution in [0.15, 0.2) is 84.9 Å². The zero-order chi connectivity index (χ0) is 25.1. The number of aryl methyl sites for hydroxylation is 1. The van der Waals surface area contributed by atoms with E-state index in [-0.39, 0.29) is 11.3 Å². The predicted molar refractivity (Wildman–Crippen MR) is 151 cm³/mol. The standard InChI is InChI=1S/C33H36N2O/c1-33(2,3)28-18-16-24(17-19-28)23-35(22-20-26-11-6-10-25-9-4-5-14-29(25)26)32(36)30-15-7-12-27-13-8-21-34-31(27)30/h4-7,9-12,14-19,34H,8,13,20-23H2,1-3H3. The minimum absolute atomic E-state index is 0.0985. The van der Waals surface area contributed by atoms with Crippen LogP contribution in [-0.2, 0) is 24.8 Å². The molecule has 36 heavy (non-hydrogen) atoms. The molecule has 4 aromatic rings. The highest BCUT2D eigenvalue weighted by Gasteiger charge is 2.23. The van der Waals surface area contributed by atoms with Crippen molar-refractivity contribution < 1.29 is 4.79 Å². The Morgan fingerprint density at radius 1 is 0.889 bits per heavy atom. The number of nitrogens with one attached hydrogen (secondary N) is 1. The summed E-state index contributed by atoms with van der Waals surface area (Å²) in [6.07, 6.45) is 2.94. The van der Waals surface area contributed by atoms with Crippen molar-refractivity contribution in [3.8, 4) is 0 Å². The Kier molecular flexibility index (Phi) is 6.82. The number of anilines is 1. The summed E-state index contributed by atoms with van der Waals surface area (Å²) in [7, 11) is 0. The number of nitrogens with zero attached hydrogens (tertiary/aromatic N) is 1. The second kappa shape index (κ2) is 10.2. The first kappa shape index (κ1) is 24.1. The van der Waals surface area contributed by atoms with Crippen molar-refractivity contribution in [2.45, 2.75) is 52.0 Å². The van der Waals surface area contributed by atoms with Crippen molar-refractivity contribution in [2.24, 2.45) is 0 Å². The molecule has 0 bridgehead atoms. The topological polar surface area (TPSA) is 32.3 Å². The Hall–Kier alpha value is -3.59. The van der Waals surface area contributed by atoms with E-state index >= 15 is 0 Å². The predicted octanol–water partition coefficient (Wildman–Crippen LogP) is 7.38. The molecule has 0 aliphatic carbocycles. The third-order valence-electron chi connectivity index (χ3n) is 7.32. The first-order chi connectivity index (χ1) is 17.4. The molecule has 1 aliphatic heterocycles. The average molecular weight is 477 g/mol. The number of hydrogen-bond donors (Lipinski definition) is 1. The fourth-order valence-corrected chi connectivity index (χ4v) is 5.21. The monoisotopic (exact) mass is 476 g/mol. The van der Waals surface area contributed by atoms with Crippen molar-refractivity contribution in [3.63, 3.8) is 0 Å². The fourth-order valence-electron chi connectivity index (χ4n) is 5.21. The van der Waals surface area contributed by atoms with E-state index in [2.05, 4.69) is 98.9 Å². The van der Waals surface area contributed by atoms with Gasteiger partial charge in [0, 0.05) is 19.6 Å². The first-order valence-corrected chi connectivity index (χ1v) is 13.1. The zero-order valence-corrected chi connectivity index (χ0v) is 21.7. The Bertz CT molecular complexity index is 1360. The second-order valence-corrected chi connectivity index (χ2v) is 10.9. The lowest BCUT2D eigenvalue weighted by molar-refractivity contribution is 0.0746. The molecule has 0 saturated carbocycles. The van der Waals surface area contributed by atoms with Crippen LogP contribution >= 0.6 is 0 Å². The van der Waals surface area contributed by atoms with Crippen LogP contribution in [0.25, 0.3) is 10.8 Å². The summed E-state index contributed by atoms with van der Waals surface area (Å²) in [5, 5.41) is 6.01. The molecular weight excluding hydrogens is 440 g/mol. The summed E-state index contributed by atoms with van der Waals surface area (Å²) in [5.74, 6) is 0.0985. The molecule has 1 amide bonds. The van der Waals surface area contributed by atoms with E-state index in [1.54, 1.807) is 0 Å². The Morgan fingerprint density at radius 2 is 1.64 bits per heavy atom. The molecule has 0 aromatic heterocycles. The highest BCUT2D eigenvalue weighted by Crippen LogP contribution is 2.28. The number of benzene rings is 4. The van der Waals surface area contributed by atoms with Gasteiger partial charge in [-0.15, -0.1) is 0 Å². The SMILES string of the molecule is CC(C)(C)c1ccc(CN(CCc2cccc3ccccc23)C(=O)c2cccc3c2NCCC3)cc1. The maximum atomic E-state index is 14.0. The van der Waals surface area contributed by atoms with Crippen LogP contribution in [0, 0.1) is 0 Å². The van der Waals surface area contributed by atoms with E-state index in [0.717, 1.165) is 42.6 Å². The highest BCUT2D eigenvalue weighted by atomic mass is 16.2. The lowest BCUT2D eigenvalue weighted by Crippen LogP contribution is -2.33. The molecule has 0 saturated heterocycles. The molecule has 1 N–H and O–H groups in total. The molecule has 1 aliphatic rings. The van der Waals surface area contributed by atoms with Crippen LogP contribution in [0.5, 0.6) is 0 Å². The average Bonchev–Trinajstić information content (AvgIpc) is 2.90. The van der Waals surface area contributed by atoms with E-state index in [1.165, 1.54) is 27.5 Å². The van der Waals surface area contributed by atoms with Crippen LogP contribution in [-0.4, -0.2) is 23.9 Å². The summed E-state index contributed by atoms with van der Waals surface area (Å²) < 4.78 is 0. The minimum Gasteiger partial charge on any atom is -0.384 e.